The van der Waals surface area contributed by atoms with Gasteiger partial charge in [0.15, 0.2) is 0 Å². The average Bonchev–Trinajstić information content (AvgIpc) is 2.85. The van der Waals surface area contributed by atoms with Gasteiger partial charge in [-0.3, -0.25) is 4.68 Å². The molecule has 0 saturated heterocycles. The van der Waals surface area contributed by atoms with Crippen molar-refractivity contribution in [3.05, 3.63) is 18.0 Å². The van der Waals surface area contributed by atoms with E-state index in [2.05, 4.69) is 43.4 Å². The second-order valence-corrected chi connectivity index (χ2v) is 5.82. The largest absolute Gasteiger partial charge is 0.308 e. The fourth-order valence-electron chi connectivity index (χ4n) is 2.96. The van der Waals surface area contributed by atoms with Gasteiger partial charge in [0.05, 0.1) is 5.69 Å². The Hall–Kier alpha value is -0.830. The molecule has 102 valence electrons. The number of nitrogens with zero attached hydrogens (tertiary/aromatic N) is 2. The minimum Gasteiger partial charge on any atom is -0.308 e. The lowest BCUT2D eigenvalue weighted by atomic mass is 9.83. The molecule has 1 aliphatic rings. The Morgan fingerprint density at radius 3 is 2.83 bits per heavy atom. The van der Waals surface area contributed by atoms with Crippen molar-refractivity contribution < 1.29 is 0 Å². The Morgan fingerprint density at radius 1 is 1.39 bits per heavy atom. The number of hydrogen-bond donors (Lipinski definition) is 1. The molecule has 1 saturated carbocycles. The molecule has 2 unspecified atom stereocenters. The topological polar surface area (TPSA) is 29.9 Å². The van der Waals surface area contributed by atoms with Crippen molar-refractivity contribution >= 4 is 0 Å². The van der Waals surface area contributed by atoms with Crippen LogP contribution < -0.4 is 5.32 Å². The van der Waals surface area contributed by atoms with Crippen molar-refractivity contribution in [2.75, 3.05) is 0 Å². The molecular formula is C15H27N3. The van der Waals surface area contributed by atoms with Crippen LogP contribution in [0.4, 0.5) is 0 Å². The van der Waals surface area contributed by atoms with Crippen molar-refractivity contribution in [2.24, 2.45) is 5.92 Å². The van der Waals surface area contributed by atoms with Crippen LogP contribution in [0.3, 0.4) is 0 Å². The van der Waals surface area contributed by atoms with Crippen LogP contribution in [-0.2, 0) is 6.54 Å². The number of hydrogen-bond acceptors (Lipinski definition) is 2. The van der Waals surface area contributed by atoms with E-state index >= 15 is 0 Å². The highest BCUT2D eigenvalue weighted by atomic mass is 15.3. The predicted molar refractivity (Wildman–Crippen MR) is 75.5 cm³/mol. The summed E-state index contributed by atoms with van der Waals surface area (Å²) in [5, 5.41) is 8.31. The van der Waals surface area contributed by atoms with Crippen LogP contribution in [0.2, 0.25) is 0 Å². The first kappa shape index (κ1) is 13.6. The van der Waals surface area contributed by atoms with E-state index in [1.807, 2.05) is 4.68 Å². The van der Waals surface area contributed by atoms with Gasteiger partial charge in [0, 0.05) is 24.8 Å². The normalized spacial score (nSPS) is 24.7. The highest BCUT2D eigenvalue weighted by Crippen LogP contribution is 2.26. The van der Waals surface area contributed by atoms with E-state index in [1.165, 1.54) is 37.8 Å². The van der Waals surface area contributed by atoms with Crippen LogP contribution in [0.15, 0.2) is 12.3 Å². The van der Waals surface area contributed by atoms with Crippen molar-refractivity contribution in [1.29, 1.82) is 0 Å². The first-order valence-corrected chi connectivity index (χ1v) is 7.48. The summed E-state index contributed by atoms with van der Waals surface area (Å²) in [6, 6.07) is 3.29. The first-order valence-electron chi connectivity index (χ1n) is 7.48. The molecule has 2 atom stereocenters. The molecule has 1 fully saturated rings. The summed E-state index contributed by atoms with van der Waals surface area (Å²) >= 11 is 0. The monoisotopic (exact) mass is 249 g/mol. The van der Waals surface area contributed by atoms with E-state index in [0.717, 1.165) is 12.5 Å². The average molecular weight is 249 g/mol. The highest BCUT2D eigenvalue weighted by molar-refractivity contribution is 4.99. The lowest BCUT2D eigenvalue weighted by molar-refractivity contribution is 0.253. The summed E-state index contributed by atoms with van der Waals surface area (Å²) in [6.07, 6.45) is 8.92. The zero-order valence-electron chi connectivity index (χ0n) is 12.0. The smallest absolute Gasteiger partial charge is 0.0762 e. The molecule has 3 nitrogen and oxygen atoms in total. The third-order valence-electron chi connectivity index (χ3n) is 4.17. The van der Waals surface area contributed by atoms with E-state index in [-0.39, 0.29) is 0 Å². The fourth-order valence-corrected chi connectivity index (χ4v) is 2.96. The molecule has 0 aliphatic heterocycles. The first-order chi connectivity index (χ1) is 8.70. The summed E-state index contributed by atoms with van der Waals surface area (Å²) in [5.74, 6) is 0.867. The van der Waals surface area contributed by atoms with Gasteiger partial charge in [0.1, 0.15) is 0 Å². The Morgan fingerprint density at radius 2 is 2.17 bits per heavy atom. The summed E-state index contributed by atoms with van der Waals surface area (Å²) in [5.41, 5.74) is 1.17. The Labute approximate surface area is 111 Å². The second-order valence-electron chi connectivity index (χ2n) is 5.82. The molecule has 0 bridgehead atoms. The molecule has 18 heavy (non-hydrogen) atoms. The lowest BCUT2D eigenvalue weighted by Crippen LogP contribution is -2.37. The van der Waals surface area contributed by atoms with Gasteiger partial charge in [-0.1, -0.05) is 26.2 Å². The second kappa shape index (κ2) is 6.37. The van der Waals surface area contributed by atoms with E-state index in [9.17, 15) is 0 Å². The number of aromatic nitrogens is 2. The van der Waals surface area contributed by atoms with E-state index in [1.54, 1.807) is 0 Å². The minimum absolute atomic E-state index is 0.455. The van der Waals surface area contributed by atoms with Crippen LogP contribution in [0, 0.1) is 5.92 Å². The molecule has 1 N–H and O–H groups in total. The van der Waals surface area contributed by atoms with Crippen molar-refractivity contribution in [2.45, 2.75) is 71.5 Å². The van der Waals surface area contributed by atoms with Crippen molar-refractivity contribution in [1.82, 2.24) is 15.1 Å². The third kappa shape index (κ3) is 3.35. The van der Waals surface area contributed by atoms with E-state index < -0.39 is 0 Å². The zero-order valence-corrected chi connectivity index (χ0v) is 12.0. The maximum Gasteiger partial charge on any atom is 0.0762 e. The van der Waals surface area contributed by atoms with Gasteiger partial charge < -0.3 is 5.32 Å². The summed E-state index contributed by atoms with van der Waals surface area (Å²) in [4.78, 5) is 0. The van der Waals surface area contributed by atoms with Gasteiger partial charge in [0.25, 0.3) is 0 Å². The Bertz CT molecular complexity index is 356. The van der Waals surface area contributed by atoms with Gasteiger partial charge in [0.2, 0.25) is 0 Å². The molecular weight excluding hydrogens is 222 g/mol. The van der Waals surface area contributed by atoms with Crippen LogP contribution in [-0.4, -0.2) is 15.8 Å². The third-order valence-corrected chi connectivity index (χ3v) is 4.17. The molecule has 3 heteroatoms. The summed E-state index contributed by atoms with van der Waals surface area (Å²) < 4.78 is 2.04. The maximum atomic E-state index is 4.60. The van der Waals surface area contributed by atoms with Crippen molar-refractivity contribution in [3.8, 4) is 0 Å². The van der Waals surface area contributed by atoms with E-state index in [0.29, 0.717) is 12.1 Å². The van der Waals surface area contributed by atoms with Gasteiger partial charge in [-0.25, -0.2) is 0 Å². The quantitative estimate of drug-likeness (QED) is 0.865. The molecule has 1 aromatic rings. The summed E-state index contributed by atoms with van der Waals surface area (Å²) in [7, 11) is 0. The van der Waals surface area contributed by atoms with E-state index in [4.69, 9.17) is 0 Å². The lowest BCUT2D eigenvalue weighted by Gasteiger charge is -2.31. The molecule has 0 aromatic carbocycles. The number of rotatable bonds is 5. The molecule has 0 radical (unpaired) electrons. The summed E-state index contributed by atoms with van der Waals surface area (Å²) in [6.45, 7) is 7.57. The van der Waals surface area contributed by atoms with Crippen LogP contribution in [0.5, 0.6) is 0 Å². The van der Waals surface area contributed by atoms with Crippen LogP contribution in [0.1, 0.15) is 64.6 Å². The zero-order chi connectivity index (χ0) is 13.0. The molecule has 0 spiro atoms. The maximum absolute atomic E-state index is 4.60. The van der Waals surface area contributed by atoms with Crippen LogP contribution >= 0.6 is 0 Å². The fraction of sp³-hybridized carbons (Fsp3) is 0.800. The molecule has 1 aromatic heterocycles. The predicted octanol–water partition coefficient (Wildman–Crippen LogP) is 3.52. The Balaban J connectivity index is 1.85. The SMILES string of the molecule is CCC1CCCCC1NCc1ccn(C(C)C)n1. The van der Waals surface area contributed by atoms with Crippen molar-refractivity contribution in [3.63, 3.8) is 0 Å². The number of nitrogens with one attached hydrogen (secondary N) is 1. The highest BCUT2D eigenvalue weighted by Gasteiger charge is 2.23. The minimum atomic E-state index is 0.455. The van der Waals surface area contributed by atoms with Crippen LogP contribution in [0.25, 0.3) is 0 Å². The molecule has 1 heterocycles. The van der Waals surface area contributed by atoms with Gasteiger partial charge >= 0.3 is 0 Å². The van der Waals surface area contributed by atoms with Gasteiger partial charge in [-0.15, -0.1) is 0 Å². The van der Waals surface area contributed by atoms with Gasteiger partial charge in [-0.05, 0) is 38.7 Å². The Kier molecular flexibility index (Phi) is 4.81. The molecule has 0 amide bonds. The standard InChI is InChI=1S/C15H27N3/c1-4-13-7-5-6-8-15(13)16-11-14-9-10-18(17-14)12(2)3/h9-10,12-13,15-16H,4-8,11H2,1-3H3. The van der Waals surface area contributed by atoms with Gasteiger partial charge in [-0.2, -0.15) is 5.10 Å². The molecule has 1 aliphatic carbocycles. The molecule has 2 rings (SSSR count).